The molecule has 2 aromatic heterocycles. The number of pyridine rings is 1. The summed E-state index contributed by atoms with van der Waals surface area (Å²) < 4.78 is 6.65. The Morgan fingerprint density at radius 1 is 0.423 bits per heavy atom. The Morgan fingerprint density at radius 3 is 1.92 bits per heavy atom. The van der Waals surface area contributed by atoms with E-state index in [1.54, 1.807) is 0 Å². The Bertz CT molecular complexity index is 2890. The molecule has 0 fully saturated rings. The molecule has 0 N–H and O–H groups in total. The van der Waals surface area contributed by atoms with Crippen LogP contribution in [0.25, 0.3) is 76.9 Å². The van der Waals surface area contributed by atoms with Crippen LogP contribution in [0.4, 0.5) is 17.1 Å². The molecular weight excluding hydrogens is 633 g/mol. The van der Waals surface area contributed by atoms with Crippen molar-refractivity contribution >= 4 is 60.5 Å². The van der Waals surface area contributed by atoms with Gasteiger partial charge in [0.15, 0.2) is 0 Å². The van der Waals surface area contributed by atoms with E-state index in [0.29, 0.717) is 0 Å². The van der Waals surface area contributed by atoms with E-state index < -0.39 is 0 Å². The van der Waals surface area contributed by atoms with Crippen LogP contribution in [0, 0.1) is 0 Å². The molecule has 0 bridgehead atoms. The first-order valence-corrected chi connectivity index (χ1v) is 17.6. The number of para-hydroxylation sites is 1. The van der Waals surface area contributed by atoms with Crippen LogP contribution >= 0.6 is 0 Å². The van der Waals surface area contributed by atoms with Gasteiger partial charge in [-0.25, -0.2) is 0 Å². The highest BCUT2D eigenvalue weighted by Gasteiger charge is 2.23. The van der Waals surface area contributed by atoms with Crippen LogP contribution in [-0.4, -0.2) is 4.98 Å². The van der Waals surface area contributed by atoms with Gasteiger partial charge in [-0.15, -0.1) is 0 Å². The van der Waals surface area contributed by atoms with Gasteiger partial charge in [0.1, 0.15) is 11.2 Å². The van der Waals surface area contributed by atoms with Gasteiger partial charge >= 0.3 is 0 Å². The number of fused-ring (bicyclic) bond motifs is 6. The Kier molecular flexibility index (Phi) is 7.14. The maximum absolute atomic E-state index is 6.65. The van der Waals surface area contributed by atoms with Gasteiger partial charge < -0.3 is 9.32 Å². The highest BCUT2D eigenvalue weighted by atomic mass is 16.3. The summed E-state index contributed by atoms with van der Waals surface area (Å²) in [5, 5.41) is 6.65. The summed E-state index contributed by atoms with van der Waals surface area (Å²) in [4.78, 5) is 6.88. The molecule has 0 atom stereocenters. The van der Waals surface area contributed by atoms with Crippen LogP contribution in [0.1, 0.15) is 0 Å². The molecular formula is C49H32N2O. The number of benzene rings is 8. The molecule has 244 valence electrons. The summed E-state index contributed by atoms with van der Waals surface area (Å²) in [6.07, 6.45) is 3.77. The topological polar surface area (TPSA) is 29.3 Å². The second-order valence-electron chi connectivity index (χ2n) is 13.2. The molecule has 52 heavy (non-hydrogen) atoms. The fraction of sp³-hybridized carbons (Fsp3) is 0. The minimum absolute atomic E-state index is 0.836. The van der Waals surface area contributed by atoms with Crippen LogP contribution in [0.15, 0.2) is 199 Å². The van der Waals surface area contributed by atoms with Gasteiger partial charge in [-0.05, 0) is 92.0 Å². The average molecular weight is 665 g/mol. The Balaban J connectivity index is 1.27. The van der Waals surface area contributed by atoms with E-state index in [4.69, 9.17) is 4.42 Å². The number of furan rings is 1. The molecule has 0 aliphatic carbocycles. The van der Waals surface area contributed by atoms with Crippen molar-refractivity contribution in [2.45, 2.75) is 0 Å². The number of hydrogen-bond acceptors (Lipinski definition) is 3. The van der Waals surface area contributed by atoms with Crippen LogP contribution < -0.4 is 4.90 Å². The molecule has 10 rings (SSSR count). The van der Waals surface area contributed by atoms with Crippen molar-refractivity contribution in [2.24, 2.45) is 0 Å². The fourth-order valence-electron chi connectivity index (χ4n) is 7.69. The predicted octanol–water partition coefficient (Wildman–Crippen LogP) is 13.8. The smallest absolute Gasteiger partial charge is 0.146 e. The van der Waals surface area contributed by atoms with Crippen LogP contribution in [-0.2, 0) is 0 Å². The van der Waals surface area contributed by atoms with Crippen molar-refractivity contribution in [1.29, 1.82) is 0 Å². The third-order valence-electron chi connectivity index (χ3n) is 10.1. The second kappa shape index (κ2) is 12.4. The van der Waals surface area contributed by atoms with Crippen molar-refractivity contribution in [3.05, 3.63) is 194 Å². The standard InChI is InChI=1S/C49H32N2O/c1-3-12-33(13-4-1)34-22-24-38(25-23-34)51(46-30-37-28-29-50-32-45(37)49-48(46)43-19-9-10-21-47(43)52-49)39-26-27-42(44(31-39)36-14-5-2-6-15-36)41-20-11-17-35-16-7-8-18-40(35)41/h1-32H. The van der Waals surface area contributed by atoms with Crippen LogP contribution in [0.3, 0.4) is 0 Å². The Morgan fingerprint density at radius 2 is 1.10 bits per heavy atom. The molecule has 10 aromatic rings. The lowest BCUT2D eigenvalue weighted by atomic mass is 9.90. The monoisotopic (exact) mass is 664 g/mol. The molecule has 0 saturated heterocycles. The van der Waals surface area contributed by atoms with Gasteiger partial charge in [0, 0.05) is 34.5 Å². The molecule has 8 aromatic carbocycles. The minimum atomic E-state index is 0.836. The highest BCUT2D eigenvalue weighted by Crippen LogP contribution is 2.48. The van der Waals surface area contributed by atoms with Gasteiger partial charge in [-0.3, -0.25) is 4.98 Å². The lowest BCUT2D eigenvalue weighted by Gasteiger charge is -2.28. The lowest BCUT2D eigenvalue weighted by Crippen LogP contribution is -2.11. The molecule has 0 radical (unpaired) electrons. The molecule has 3 nitrogen and oxygen atoms in total. The maximum Gasteiger partial charge on any atom is 0.146 e. The normalized spacial score (nSPS) is 11.5. The minimum Gasteiger partial charge on any atom is -0.455 e. The molecule has 0 aliphatic heterocycles. The molecule has 0 amide bonds. The second-order valence-corrected chi connectivity index (χ2v) is 13.2. The molecule has 0 unspecified atom stereocenters. The quantitative estimate of drug-likeness (QED) is 0.177. The largest absolute Gasteiger partial charge is 0.455 e. The van der Waals surface area contributed by atoms with E-state index in [9.17, 15) is 0 Å². The summed E-state index contributed by atoms with van der Waals surface area (Å²) in [5.74, 6) is 0. The van der Waals surface area contributed by atoms with Gasteiger partial charge in [-0.2, -0.15) is 0 Å². The average Bonchev–Trinajstić information content (AvgIpc) is 3.62. The lowest BCUT2D eigenvalue weighted by molar-refractivity contribution is 0.672. The van der Waals surface area contributed by atoms with Crippen molar-refractivity contribution in [1.82, 2.24) is 4.98 Å². The van der Waals surface area contributed by atoms with Crippen LogP contribution in [0.2, 0.25) is 0 Å². The number of aromatic nitrogens is 1. The maximum atomic E-state index is 6.65. The number of anilines is 3. The van der Waals surface area contributed by atoms with Gasteiger partial charge in [0.2, 0.25) is 0 Å². The molecule has 2 heterocycles. The summed E-state index contributed by atoms with van der Waals surface area (Å²) in [7, 11) is 0. The molecule has 0 saturated carbocycles. The third kappa shape index (κ3) is 5.02. The molecule has 0 aliphatic rings. The van der Waals surface area contributed by atoms with Crippen LogP contribution in [0.5, 0.6) is 0 Å². The SMILES string of the molecule is c1ccc(-c2ccc(N(c3ccc(-c4cccc5ccccc45)c(-c4ccccc4)c3)c3cc4ccncc4c4oc5ccccc5c34)cc2)cc1. The summed E-state index contributed by atoms with van der Waals surface area (Å²) in [6.45, 7) is 0. The first-order valence-electron chi connectivity index (χ1n) is 17.6. The molecule has 3 heteroatoms. The van der Waals surface area contributed by atoms with Gasteiger partial charge in [0.05, 0.1) is 11.1 Å². The van der Waals surface area contributed by atoms with E-state index in [-0.39, 0.29) is 0 Å². The zero-order chi connectivity index (χ0) is 34.4. The van der Waals surface area contributed by atoms with E-state index >= 15 is 0 Å². The predicted molar refractivity (Wildman–Crippen MR) is 218 cm³/mol. The van der Waals surface area contributed by atoms with Crippen molar-refractivity contribution in [3.8, 4) is 33.4 Å². The highest BCUT2D eigenvalue weighted by molar-refractivity contribution is 6.21. The summed E-state index contributed by atoms with van der Waals surface area (Å²) in [6, 6.07) is 65.0. The van der Waals surface area contributed by atoms with Crippen molar-refractivity contribution < 1.29 is 4.42 Å². The van der Waals surface area contributed by atoms with Gasteiger partial charge in [-0.1, -0.05) is 140 Å². The van der Waals surface area contributed by atoms with E-state index in [1.807, 2.05) is 24.5 Å². The Hall–Kier alpha value is -6.97. The van der Waals surface area contributed by atoms with E-state index in [1.165, 1.54) is 38.6 Å². The number of rotatable bonds is 6. The zero-order valence-corrected chi connectivity index (χ0v) is 28.3. The van der Waals surface area contributed by atoms with Crippen molar-refractivity contribution in [2.75, 3.05) is 4.90 Å². The third-order valence-corrected chi connectivity index (χ3v) is 10.1. The summed E-state index contributed by atoms with van der Waals surface area (Å²) in [5.41, 5.74) is 11.9. The fourth-order valence-corrected chi connectivity index (χ4v) is 7.69. The summed E-state index contributed by atoms with van der Waals surface area (Å²) >= 11 is 0. The molecule has 0 spiro atoms. The number of hydrogen-bond donors (Lipinski definition) is 0. The van der Waals surface area contributed by atoms with E-state index in [0.717, 1.165) is 55.3 Å². The number of nitrogens with zero attached hydrogens (tertiary/aromatic N) is 2. The zero-order valence-electron chi connectivity index (χ0n) is 28.3. The van der Waals surface area contributed by atoms with E-state index in [2.05, 4.69) is 180 Å². The van der Waals surface area contributed by atoms with Gasteiger partial charge in [0.25, 0.3) is 0 Å². The van der Waals surface area contributed by atoms with Crippen molar-refractivity contribution in [3.63, 3.8) is 0 Å². The first kappa shape index (κ1) is 29.9. The first-order chi connectivity index (χ1) is 25.8. The Labute approximate surface area is 301 Å².